The van der Waals surface area contributed by atoms with Crippen LogP contribution in [0.3, 0.4) is 0 Å². The molecule has 0 spiro atoms. The summed E-state index contributed by atoms with van der Waals surface area (Å²) < 4.78 is 0. The van der Waals surface area contributed by atoms with Crippen molar-refractivity contribution in [2.75, 3.05) is 33.2 Å². The van der Waals surface area contributed by atoms with E-state index in [0.717, 1.165) is 25.9 Å². The molecule has 0 aromatic carbocycles. The third kappa shape index (κ3) is 7.74. The average molecular weight is 187 g/mol. The normalized spacial score (nSPS) is 10.5. The van der Waals surface area contributed by atoms with Gasteiger partial charge in [0, 0.05) is 19.6 Å². The van der Waals surface area contributed by atoms with Crippen molar-refractivity contribution < 1.29 is 4.79 Å². The summed E-state index contributed by atoms with van der Waals surface area (Å²) in [6, 6.07) is 0. The molecule has 4 heteroatoms. The van der Waals surface area contributed by atoms with E-state index in [9.17, 15) is 4.79 Å². The topological polar surface area (TPSA) is 58.4 Å². The largest absolute Gasteiger partial charge is 0.355 e. The molecule has 0 aliphatic heterocycles. The highest BCUT2D eigenvalue weighted by atomic mass is 16.1. The van der Waals surface area contributed by atoms with Gasteiger partial charge in [0.25, 0.3) is 0 Å². The van der Waals surface area contributed by atoms with Crippen LogP contribution in [0, 0.1) is 0 Å². The second-order valence-electron chi connectivity index (χ2n) is 3.23. The molecule has 0 saturated heterocycles. The van der Waals surface area contributed by atoms with Crippen molar-refractivity contribution in [3.8, 4) is 0 Å². The molecular weight excluding hydrogens is 166 g/mol. The summed E-state index contributed by atoms with van der Waals surface area (Å²) in [5.41, 5.74) is 5.35. The molecule has 0 heterocycles. The van der Waals surface area contributed by atoms with Crippen LogP contribution in [0.25, 0.3) is 0 Å². The third-order valence-corrected chi connectivity index (χ3v) is 1.78. The van der Waals surface area contributed by atoms with Crippen LogP contribution in [-0.2, 0) is 4.79 Å². The molecule has 0 aromatic rings. The third-order valence-electron chi connectivity index (χ3n) is 1.78. The van der Waals surface area contributed by atoms with Gasteiger partial charge in [-0.2, -0.15) is 0 Å². The minimum absolute atomic E-state index is 0.0874. The van der Waals surface area contributed by atoms with Crippen molar-refractivity contribution in [1.29, 1.82) is 0 Å². The fraction of sp³-hybridized carbons (Fsp3) is 0.889. The fourth-order valence-electron chi connectivity index (χ4n) is 1.01. The Bertz CT molecular complexity index is 139. The number of hydrogen-bond acceptors (Lipinski definition) is 3. The molecule has 3 N–H and O–H groups in total. The lowest BCUT2D eigenvalue weighted by atomic mass is 10.3. The Labute approximate surface area is 80.5 Å². The maximum Gasteiger partial charge on any atom is 0.234 e. The number of nitrogens with zero attached hydrogens (tertiary/aromatic N) is 1. The Morgan fingerprint density at radius 1 is 1.54 bits per heavy atom. The summed E-state index contributed by atoms with van der Waals surface area (Å²) in [5.74, 6) is 0.0874. The molecule has 0 bridgehead atoms. The van der Waals surface area contributed by atoms with E-state index in [1.54, 1.807) is 0 Å². The van der Waals surface area contributed by atoms with E-state index in [0.29, 0.717) is 13.1 Å². The van der Waals surface area contributed by atoms with E-state index in [2.05, 4.69) is 12.2 Å². The second-order valence-corrected chi connectivity index (χ2v) is 3.23. The molecule has 4 nitrogen and oxygen atoms in total. The van der Waals surface area contributed by atoms with Gasteiger partial charge >= 0.3 is 0 Å². The molecule has 1 amide bonds. The number of unbranched alkanes of at least 4 members (excludes halogenated alkanes) is 1. The lowest BCUT2D eigenvalue weighted by molar-refractivity contribution is -0.121. The highest BCUT2D eigenvalue weighted by Crippen LogP contribution is 1.84. The first-order chi connectivity index (χ1) is 6.20. The Balaban J connectivity index is 3.38. The Kier molecular flexibility index (Phi) is 7.63. The Hall–Kier alpha value is -0.610. The molecule has 0 atom stereocenters. The molecule has 0 saturated carbocycles. The minimum Gasteiger partial charge on any atom is -0.355 e. The predicted octanol–water partition coefficient (Wildman–Crippen LogP) is -0.207. The molecule has 13 heavy (non-hydrogen) atoms. The van der Waals surface area contributed by atoms with Crippen molar-refractivity contribution in [3.63, 3.8) is 0 Å². The zero-order valence-corrected chi connectivity index (χ0v) is 8.68. The highest BCUT2D eigenvalue weighted by Gasteiger charge is 2.03. The molecule has 0 rings (SSSR count). The van der Waals surface area contributed by atoms with Crippen molar-refractivity contribution in [2.24, 2.45) is 5.73 Å². The van der Waals surface area contributed by atoms with Crippen LogP contribution in [0.15, 0.2) is 0 Å². The summed E-state index contributed by atoms with van der Waals surface area (Å²) in [4.78, 5) is 13.1. The quantitative estimate of drug-likeness (QED) is 0.542. The maximum atomic E-state index is 11.2. The fourth-order valence-corrected chi connectivity index (χ4v) is 1.01. The van der Waals surface area contributed by atoms with Crippen molar-refractivity contribution in [2.45, 2.75) is 19.8 Å². The van der Waals surface area contributed by atoms with Gasteiger partial charge in [0.15, 0.2) is 0 Å². The predicted molar refractivity (Wildman–Crippen MR) is 54.5 cm³/mol. The molecule has 0 aromatic heterocycles. The van der Waals surface area contributed by atoms with Crippen LogP contribution >= 0.6 is 0 Å². The van der Waals surface area contributed by atoms with Gasteiger partial charge in [-0.25, -0.2) is 0 Å². The number of rotatable bonds is 7. The van der Waals surface area contributed by atoms with Crippen LogP contribution < -0.4 is 11.1 Å². The SMILES string of the molecule is CCCCNC(=O)CN(C)CCN. The Morgan fingerprint density at radius 3 is 2.77 bits per heavy atom. The highest BCUT2D eigenvalue weighted by molar-refractivity contribution is 5.77. The second kappa shape index (κ2) is 8.01. The zero-order valence-electron chi connectivity index (χ0n) is 8.68. The molecule has 0 aliphatic rings. The lowest BCUT2D eigenvalue weighted by Gasteiger charge is -2.14. The van der Waals surface area contributed by atoms with Gasteiger partial charge in [0.1, 0.15) is 0 Å². The first-order valence-electron chi connectivity index (χ1n) is 4.86. The summed E-state index contributed by atoms with van der Waals surface area (Å²) in [6.07, 6.45) is 2.16. The van der Waals surface area contributed by atoms with Crippen LogP contribution in [0.4, 0.5) is 0 Å². The standard InChI is InChI=1S/C9H21N3O/c1-3-4-6-11-9(13)8-12(2)7-5-10/h3-8,10H2,1-2H3,(H,11,13). The number of amides is 1. The van der Waals surface area contributed by atoms with Crippen LogP contribution in [0.5, 0.6) is 0 Å². The number of carbonyl (C=O) groups excluding carboxylic acids is 1. The van der Waals surface area contributed by atoms with Gasteiger partial charge in [0.05, 0.1) is 6.54 Å². The van der Waals surface area contributed by atoms with Gasteiger partial charge < -0.3 is 11.1 Å². The number of carbonyl (C=O) groups is 1. The van der Waals surface area contributed by atoms with E-state index >= 15 is 0 Å². The summed E-state index contributed by atoms with van der Waals surface area (Å²) in [7, 11) is 1.90. The summed E-state index contributed by atoms with van der Waals surface area (Å²) >= 11 is 0. The number of likely N-dealkylation sites (N-methyl/N-ethyl adjacent to an activating group) is 1. The molecule has 78 valence electrons. The van der Waals surface area contributed by atoms with Gasteiger partial charge in [-0.15, -0.1) is 0 Å². The molecule has 0 unspecified atom stereocenters. The van der Waals surface area contributed by atoms with Gasteiger partial charge in [-0.05, 0) is 13.5 Å². The van der Waals surface area contributed by atoms with Crippen molar-refractivity contribution in [1.82, 2.24) is 10.2 Å². The number of hydrogen-bond donors (Lipinski definition) is 2. The van der Waals surface area contributed by atoms with Crippen LogP contribution in [0.1, 0.15) is 19.8 Å². The van der Waals surface area contributed by atoms with Gasteiger partial charge in [-0.1, -0.05) is 13.3 Å². The van der Waals surface area contributed by atoms with Crippen LogP contribution in [-0.4, -0.2) is 44.0 Å². The van der Waals surface area contributed by atoms with Gasteiger partial charge in [-0.3, -0.25) is 9.69 Å². The molecular formula is C9H21N3O. The first-order valence-corrected chi connectivity index (χ1v) is 4.86. The van der Waals surface area contributed by atoms with E-state index in [1.165, 1.54) is 0 Å². The molecule has 0 fully saturated rings. The smallest absolute Gasteiger partial charge is 0.234 e. The van der Waals surface area contributed by atoms with E-state index < -0.39 is 0 Å². The monoisotopic (exact) mass is 187 g/mol. The van der Waals surface area contributed by atoms with E-state index in [1.807, 2.05) is 11.9 Å². The number of nitrogens with one attached hydrogen (secondary N) is 1. The minimum atomic E-state index is 0.0874. The van der Waals surface area contributed by atoms with Gasteiger partial charge in [0.2, 0.25) is 5.91 Å². The van der Waals surface area contributed by atoms with E-state index in [-0.39, 0.29) is 5.91 Å². The average Bonchev–Trinajstić information content (AvgIpc) is 2.05. The Morgan fingerprint density at radius 2 is 2.23 bits per heavy atom. The molecule has 0 aliphatic carbocycles. The molecule has 0 radical (unpaired) electrons. The lowest BCUT2D eigenvalue weighted by Crippen LogP contribution is -2.37. The summed E-state index contributed by atoms with van der Waals surface area (Å²) in [5, 5.41) is 2.85. The maximum absolute atomic E-state index is 11.2. The van der Waals surface area contributed by atoms with Crippen molar-refractivity contribution >= 4 is 5.91 Å². The summed E-state index contributed by atoms with van der Waals surface area (Å²) in [6.45, 7) is 4.69. The zero-order chi connectivity index (χ0) is 10.1. The van der Waals surface area contributed by atoms with Crippen LogP contribution in [0.2, 0.25) is 0 Å². The van der Waals surface area contributed by atoms with E-state index in [4.69, 9.17) is 5.73 Å². The number of nitrogens with two attached hydrogens (primary N) is 1. The van der Waals surface area contributed by atoms with Crippen molar-refractivity contribution in [3.05, 3.63) is 0 Å². The first kappa shape index (κ1) is 12.4.